The number of rotatable bonds is 7. The molecular formula is C20H28N2O3. The normalized spacial score (nSPS) is 21.5. The van der Waals surface area contributed by atoms with E-state index in [2.05, 4.69) is 5.32 Å². The molecule has 1 aromatic rings. The van der Waals surface area contributed by atoms with E-state index in [0.29, 0.717) is 26.1 Å². The van der Waals surface area contributed by atoms with Crippen molar-refractivity contribution in [2.75, 3.05) is 19.7 Å². The first kappa shape index (κ1) is 17.9. The number of amides is 2. The first-order chi connectivity index (χ1) is 12.2. The minimum atomic E-state index is -0.128. The van der Waals surface area contributed by atoms with Gasteiger partial charge in [-0.05, 0) is 17.9 Å². The molecule has 1 atom stereocenters. The van der Waals surface area contributed by atoms with Crippen molar-refractivity contribution < 1.29 is 14.3 Å². The van der Waals surface area contributed by atoms with Crippen molar-refractivity contribution in [3.63, 3.8) is 0 Å². The van der Waals surface area contributed by atoms with Gasteiger partial charge in [0.1, 0.15) is 6.61 Å². The molecule has 2 amide bonds. The number of ether oxygens (including phenoxy) is 1. The van der Waals surface area contributed by atoms with Gasteiger partial charge in [0.05, 0.1) is 6.10 Å². The Balaban J connectivity index is 1.40. The highest BCUT2D eigenvalue weighted by Crippen LogP contribution is 2.28. The van der Waals surface area contributed by atoms with E-state index in [1.165, 1.54) is 25.7 Å². The van der Waals surface area contributed by atoms with Crippen LogP contribution < -0.4 is 5.32 Å². The Kier molecular flexibility index (Phi) is 6.45. The van der Waals surface area contributed by atoms with Crippen molar-refractivity contribution in [2.24, 2.45) is 5.92 Å². The van der Waals surface area contributed by atoms with Crippen LogP contribution in [0.5, 0.6) is 0 Å². The van der Waals surface area contributed by atoms with Crippen molar-refractivity contribution >= 4 is 11.8 Å². The third-order valence-electron chi connectivity index (χ3n) is 5.22. The average Bonchev–Trinajstić information content (AvgIpc) is 3.15. The first-order valence-corrected chi connectivity index (χ1v) is 9.40. The molecule has 0 aromatic heterocycles. The summed E-state index contributed by atoms with van der Waals surface area (Å²) in [6.45, 7) is 1.68. The predicted octanol–water partition coefficient (Wildman–Crippen LogP) is 2.50. The van der Waals surface area contributed by atoms with Crippen LogP contribution in [0.25, 0.3) is 0 Å². The highest BCUT2D eigenvalue weighted by molar-refractivity contribution is 5.78. The fourth-order valence-electron chi connectivity index (χ4n) is 3.71. The summed E-state index contributed by atoms with van der Waals surface area (Å²) in [4.78, 5) is 25.9. The van der Waals surface area contributed by atoms with Crippen LogP contribution in [0.15, 0.2) is 30.3 Å². The highest BCUT2D eigenvalue weighted by atomic mass is 16.5. The lowest BCUT2D eigenvalue weighted by Gasteiger charge is -2.33. The third kappa shape index (κ3) is 5.56. The lowest BCUT2D eigenvalue weighted by molar-refractivity contribution is -0.149. The summed E-state index contributed by atoms with van der Waals surface area (Å²) in [6, 6.07) is 9.95. The topological polar surface area (TPSA) is 58.6 Å². The van der Waals surface area contributed by atoms with E-state index in [-0.39, 0.29) is 24.5 Å². The Morgan fingerprint density at radius 1 is 1.20 bits per heavy atom. The molecule has 5 heteroatoms. The molecule has 1 aliphatic heterocycles. The van der Waals surface area contributed by atoms with Crippen LogP contribution in [0.4, 0.5) is 0 Å². The quantitative estimate of drug-likeness (QED) is 0.827. The van der Waals surface area contributed by atoms with Crippen LogP contribution in [0, 0.1) is 5.92 Å². The number of hydrogen-bond donors (Lipinski definition) is 1. The summed E-state index contributed by atoms with van der Waals surface area (Å²) in [7, 11) is 0. The van der Waals surface area contributed by atoms with Gasteiger partial charge >= 0.3 is 0 Å². The number of nitrogens with zero attached hydrogens (tertiary/aromatic N) is 1. The monoisotopic (exact) mass is 344 g/mol. The molecule has 1 N–H and O–H groups in total. The molecule has 0 radical (unpaired) electrons. The minimum Gasteiger partial charge on any atom is -0.365 e. The summed E-state index contributed by atoms with van der Waals surface area (Å²) in [5, 5.41) is 2.97. The molecular weight excluding hydrogens is 316 g/mol. The van der Waals surface area contributed by atoms with Gasteiger partial charge in [0.2, 0.25) is 11.8 Å². The zero-order chi connectivity index (χ0) is 17.5. The van der Waals surface area contributed by atoms with E-state index in [4.69, 9.17) is 4.74 Å². The van der Waals surface area contributed by atoms with Gasteiger partial charge in [0.15, 0.2) is 0 Å². The van der Waals surface area contributed by atoms with Crippen molar-refractivity contribution in [3.8, 4) is 0 Å². The average molecular weight is 344 g/mol. The summed E-state index contributed by atoms with van der Waals surface area (Å²) in [5.74, 6) is 0.838. The predicted molar refractivity (Wildman–Crippen MR) is 95.8 cm³/mol. The fourth-order valence-corrected chi connectivity index (χ4v) is 3.71. The van der Waals surface area contributed by atoms with Crippen LogP contribution in [0.3, 0.4) is 0 Å². The van der Waals surface area contributed by atoms with Crippen LogP contribution in [0.2, 0.25) is 0 Å². The Morgan fingerprint density at radius 2 is 1.96 bits per heavy atom. The zero-order valence-electron chi connectivity index (χ0n) is 14.8. The fraction of sp³-hybridized carbons (Fsp3) is 0.600. The van der Waals surface area contributed by atoms with Gasteiger partial charge in [-0.1, -0.05) is 56.0 Å². The summed E-state index contributed by atoms with van der Waals surface area (Å²) in [5.41, 5.74) is 1.11. The van der Waals surface area contributed by atoms with E-state index in [1.807, 2.05) is 35.2 Å². The maximum atomic E-state index is 12.0. The molecule has 2 fully saturated rings. The molecule has 1 saturated carbocycles. The smallest absolute Gasteiger partial charge is 0.248 e. The maximum Gasteiger partial charge on any atom is 0.248 e. The first-order valence-electron chi connectivity index (χ1n) is 9.40. The van der Waals surface area contributed by atoms with E-state index in [0.717, 1.165) is 17.9 Å². The standard InChI is InChI=1S/C20H28N2O3/c23-19(11-10-16-6-4-5-7-16)21-12-18-14-22(20(24)15-25-18)13-17-8-2-1-3-9-17/h1-3,8-9,16,18H,4-7,10-15H2,(H,21,23). The van der Waals surface area contributed by atoms with Crippen molar-refractivity contribution in [1.29, 1.82) is 0 Å². The lowest BCUT2D eigenvalue weighted by Crippen LogP contribution is -2.50. The summed E-state index contributed by atoms with van der Waals surface area (Å²) >= 11 is 0. The molecule has 5 nitrogen and oxygen atoms in total. The van der Waals surface area contributed by atoms with Gasteiger partial charge in [-0.3, -0.25) is 9.59 Å². The molecule has 1 saturated heterocycles. The van der Waals surface area contributed by atoms with E-state index < -0.39 is 0 Å². The van der Waals surface area contributed by atoms with E-state index in [9.17, 15) is 9.59 Å². The summed E-state index contributed by atoms with van der Waals surface area (Å²) < 4.78 is 5.58. The number of morpholine rings is 1. The van der Waals surface area contributed by atoms with Crippen molar-refractivity contribution in [2.45, 2.75) is 51.2 Å². The Bertz CT molecular complexity index is 570. The third-order valence-corrected chi connectivity index (χ3v) is 5.22. The van der Waals surface area contributed by atoms with Crippen LogP contribution in [0.1, 0.15) is 44.1 Å². The lowest BCUT2D eigenvalue weighted by atomic mass is 10.0. The number of carbonyl (C=O) groups excluding carboxylic acids is 2. The molecule has 2 aliphatic rings. The SMILES string of the molecule is O=C(CCC1CCCC1)NCC1CN(Cc2ccccc2)C(=O)CO1. The molecule has 25 heavy (non-hydrogen) atoms. The largest absolute Gasteiger partial charge is 0.365 e. The molecule has 1 aliphatic carbocycles. The molecule has 1 aromatic carbocycles. The van der Waals surface area contributed by atoms with Gasteiger partial charge in [-0.2, -0.15) is 0 Å². The van der Waals surface area contributed by atoms with Gasteiger partial charge in [-0.15, -0.1) is 0 Å². The number of nitrogens with one attached hydrogen (secondary N) is 1. The molecule has 3 rings (SSSR count). The van der Waals surface area contributed by atoms with Gasteiger partial charge in [-0.25, -0.2) is 0 Å². The summed E-state index contributed by atoms with van der Waals surface area (Å²) in [6.07, 6.45) is 6.64. The Morgan fingerprint density at radius 3 is 2.72 bits per heavy atom. The number of benzene rings is 1. The van der Waals surface area contributed by atoms with Gasteiger partial charge in [0, 0.05) is 26.1 Å². The Hall–Kier alpha value is -1.88. The molecule has 0 spiro atoms. The highest BCUT2D eigenvalue weighted by Gasteiger charge is 2.26. The Labute approximate surface area is 149 Å². The maximum absolute atomic E-state index is 12.0. The number of hydrogen-bond acceptors (Lipinski definition) is 3. The second-order valence-corrected chi connectivity index (χ2v) is 7.19. The van der Waals surface area contributed by atoms with Crippen LogP contribution in [-0.4, -0.2) is 42.5 Å². The molecule has 0 bridgehead atoms. The second kappa shape index (κ2) is 8.99. The molecule has 1 heterocycles. The minimum absolute atomic E-state index is 0.00710. The van der Waals surface area contributed by atoms with E-state index in [1.54, 1.807) is 0 Å². The molecule has 136 valence electrons. The van der Waals surface area contributed by atoms with Crippen LogP contribution >= 0.6 is 0 Å². The number of carbonyl (C=O) groups is 2. The van der Waals surface area contributed by atoms with Gasteiger partial charge < -0.3 is 15.0 Å². The molecule has 1 unspecified atom stereocenters. The van der Waals surface area contributed by atoms with Crippen molar-refractivity contribution in [3.05, 3.63) is 35.9 Å². The van der Waals surface area contributed by atoms with Gasteiger partial charge in [0.25, 0.3) is 0 Å². The zero-order valence-corrected chi connectivity index (χ0v) is 14.8. The van der Waals surface area contributed by atoms with Crippen molar-refractivity contribution in [1.82, 2.24) is 10.2 Å². The van der Waals surface area contributed by atoms with E-state index >= 15 is 0 Å². The second-order valence-electron chi connectivity index (χ2n) is 7.19. The van der Waals surface area contributed by atoms with Crippen LogP contribution in [-0.2, 0) is 20.9 Å².